The van der Waals surface area contributed by atoms with Crippen molar-refractivity contribution < 1.29 is 0 Å². The summed E-state index contributed by atoms with van der Waals surface area (Å²) in [6, 6.07) is 0. The molecule has 0 aliphatic carbocycles. The molecule has 0 fully saturated rings. The van der Waals surface area contributed by atoms with E-state index >= 15 is 0 Å². The van der Waals surface area contributed by atoms with Gasteiger partial charge in [0.25, 0.3) is 0 Å². The highest BCUT2D eigenvalue weighted by molar-refractivity contribution is 4.70. The van der Waals surface area contributed by atoms with Crippen molar-refractivity contribution >= 4 is 0 Å². The monoisotopic (exact) mass is 150 g/mol. The Bertz CT molecular complexity index is 197. The number of hydrogen-bond acceptors (Lipinski definition) is 5. The number of nitrogens with zero attached hydrogens (tertiary/aromatic N) is 5. The summed E-state index contributed by atoms with van der Waals surface area (Å²) in [5.74, 6) is 0. The number of aromatic amines is 1. The molecule has 0 unspecified atom stereocenters. The van der Waals surface area contributed by atoms with E-state index in [-0.39, 0.29) is 0 Å². The molecule has 0 radical (unpaired) electrons. The number of tetrazole rings is 1. The van der Waals surface area contributed by atoms with E-state index in [0.717, 1.165) is 0 Å². The summed E-state index contributed by atoms with van der Waals surface area (Å²) < 4.78 is 0. The van der Waals surface area contributed by atoms with Gasteiger partial charge in [-0.25, -0.2) is 0 Å². The standard InChI is InChI=1S/C4H4N2.CH2N4/c1-2-6-4-3-5-1;1-2-4-5-3-1/h1-4H;1H,(H,2,3,4,5). The van der Waals surface area contributed by atoms with Gasteiger partial charge in [-0.15, -0.1) is 10.2 Å². The lowest BCUT2D eigenvalue weighted by Crippen LogP contribution is -1.66. The number of rotatable bonds is 0. The Labute approximate surface area is 62.7 Å². The third kappa shape index (κ3) is 3.68. The van der Waals surface area contributed by atoms with E-state index in [4.69, 9.17) is 0 Å². The predicted octanol–water partition coefficient (Wildman–Crippen LogP) is -0.324. The van der Waals surface area contributed by atoms with E-state index in [2.05, 4.69) is 30.6 Å². The average molecular weight is 150 g/mol. The molecule has 0 amide bonds. The summed E-state index contributed by atoms with van der Waals surface area (Å²) in [6.07, 6.45) is 7.89. The lowest BCUT2D eigenvalue weighted by Gasteiger charge is -1.70. The molecule has 0 spiro atoms. The fourth-order valence-corrected chi connectivity index (χ4v) is 0.382. The van der Waals surface area contributed by atoms with Crippen molar-refractivity contribution in [3.63, 3.8) is 0 Å². The molecule has 0 bridgehead atoms. The first-order chi connectivity index (χ1) is 5.50. The highest BCUT2D eigenvalue weighted by atomic mass is 15.5. The number of H-pyrrole nitrogens is 1. The molecule has 0 saturated carbocycles. The van der Waals surface area contributed by atoms with Crippen molar-refractivity contribution in [1.29, 1.82) is 0 Å². The summed E-state index contributed by atoms with van der Waals surface area (Å²) in [5.41, 5.74) is 0. The van der Waals surface area contributed by atoms with Crippen molar-refractivity contribution in [2.24, 2.45) is 0 Å². The highest BCUT2D eigenvalue weighted by Crippen LogP contribution is 1.65. The van der Waals surface area contributed by atoms with E-state index < -0.39 is 0 Å². The van der Waals surface area contributed by atoms with Gasteiger partial charge in [-0.3, -0.25) is 9.97 Å². The smallest absolute Gasteiger partial charge is 0.161 e. The van der Waals surface area contributed by atoms with E-state index in [1.165, 1.54) is 6.33 Å². The van der Waals surface area contributed by atoms with Gasteiger partial charge in [-0.1, -0.05) is 5.21 Å². The Morgan fingerprint density at radius 1 is 0.909 bits per heavy atom. The zero-order chi connectivity index (χ0) is 7.78. The summed E-state index contributed by atoms with van der Waals surface area (Å²) in [4.78, 5) is 7.44. The minimum atomic E-state index is 1.33. The predicted molar refractivity (Wildman–Crippen MR) is 36.2 cm³/mol. The molecular formula is C5H6N6. The zero-order valence-corrected chi connectivity index (χ0v) is 5.62. The number of nitrogens with one attached hydrogen (secondary N) is 1. The van der Waals surface area contributed by atoms with Gasteiger partial charge < -0.3 is 0 Å². The number of aromatic nitrogens is 6. The SMILES string of the molecule is c1cnccn1.c1nn[nH]n1. The first-order valence-electron chi connectivity index (χ1n) is 2.86. The summed E-state index contributed by atoms with van der Waals surface area (Å²) >= 11 is 0. The molecule has 2 aromatic heterocycles. The van der Waals surface area contributed by atoms with Crippen LogP contribution in [0.5, 0.6) is 0 Å². The van der Waals surface area contributed by atoms with Gasteiger partial charge >= 0.3 is 0 Å². The third-order valence-electron chi connectivity index (χ3n) is 0.747. The van der Waals surface area contributed by atoms with E-state index in [9.17, 15) is 0 Å². The van der Waals surface area contributed by atoms with Crippen molar-refractivity contribution in [3.8, 4) is 0 Å². The van der Waals surface area contributed by atoms with Crippen LogP contribution in [0.1, 0.15) is 0 Å². The van der Waals surface area contributed by atoms with E-state index in [1.54, 1.807) is 24.8 Å². The molecular weight excluding hydrogens is 144 g/mol. The maximum Gasteiger partial charge on any atom is 0.161 e. The third-order valence-corrected chi connectivity index (χ3v) is 0.747. The largest absolute Gasteiger partial charge is 0.262 e. The fraction of sp³-hybridized carbons (Fsp3) is 0. The van der Waals surface area contributed by atoms with Gasteiger partial charge in [0.05, 0.1) is 0 Å². The van der Waals surface area contributed by atoms with Crippen LogP contribution < -0.4 is 0 Å². The summed E-state index contributed by atoms with van der Waals surface area (Å²) in [7, 11) is 0. The van der Waals surface area contributed by atoms with Gasteiger partial charge in [-0.2, -0.15) is 5.21 Å². The second-order valence-electron chi connectivity index (χ2n) is 1.45. The van der Waals surface area contributed by atoms with E-state index in [1.807, 2.05) is 0 Å². The molecule has 11 heavy (non-hydrogen) atoms. The molecule has 6 nitrogen and oxygen atoms in total. The minimum Gasteiger partial charge on any atom is -0.262 e. The first kappa shape index (κ1) is 7.26. The van der Waals surface area contributed by atoms with Crippen LogP contribution in [-0.4, -0.2) is 30.6 Å². The lowest BCUT2D eigenvalue weighted by molar-refractivity contribution is 0.881. The van der Waals surface area contributed by atoms with Gasteiger partial charge in [0.2, 0.25) is 0 Å². The average Bonchev–Trinajstić information content (AvgIpc) is 2.64. The molecule has 0 aliphatic heterocycles. The van der Waals surface area contributed by atoms with Gasteiger partial charge in [0.15, 0.2) is 6.33 Å². The zero-order valence-electron chi connectivity index (χ0n) is 5.62. The quantitative estimate of drug-likeness (QED) is 0.556. The van der Waals surface area contributed by atoms with Crippen LogP contribution in [0.25, 0.3) is 0 Å². The molecule has 56 valence electrons. The molecule has 0 atom stereocenters. The fourth-order valence-electron chi connectivity index (χ4n) is 0.382. The van der Waals surface area contributed by atoms with Crippen LogP contribution in [0.4, 0.5) is 0 Å². The maximum atomic E-state index is 3.72. The highest BCUT2D eigenvalue weighted by Gasteiger charge is 1.59. The maximum absolute atomic E-state index is 3.72. The van der Waals surface area contributed by atoms with Crippen LogP contribution in [0.3, 0.4) is 0 Å². The number of hydrogen-bond donors (Lipinski definition) is 1. The summed E-state index contributed by atoms with van der Waals surface area (Å²) in [6.45, 7) is 0. The Morgan fingerprint density at radius 3 is 1.73 bits per heavy atom. The van der Waals surface area contributed by atoms with Crippen molar-refractivity contribution in [2.75, 3.05) is 0 Å². The van der Waals surface area contributed by atoms with Crippen LogP contribution >= 0.6 is 0 Å². The van der Waals surface area contributed by atoms with Gasteiger partial charge in [0.1, 0.15) is 0 Å². The molecule has 1 N–H and O–H groups in total. The first-order valence-corrected chi connectivity index (χ1v) is 2.86. The second kappa shape index (κ2) is 4.98. The lowest BCUT2D eigenvalue weighted by atomic mass is 10.8. The Morgan fingerprint density at radius 2 is 1.55 bits per heavy atom. The van der Waals surface area contributed by atoms with Crippen LogP contribution in [0, 0.1) is 0 Å². The van der Waals surface area contributed by atoms with Gasteiger partial charge in [0, 0.05) is 24.8 Å². The molecule has 0 aliphatic rings. The van der Waals surface area contributed by atoms with Crippen molar-refractivity contribution in [1.82, 2.24) is 30.6 Å². The topological polar surface area (TPSA) is 80.2 Å². The van der Waals surface area contributed by atoms with Gasteiger partial charge in [-0.05, 0) is 0 Å². The normalized spacial score (nSPS) is 8.00. The molecule has 2 heterocycles. The van der Waals surface area contributed by atoms with Crippen LogP contribution in [-0.2, 0) is 0 Å². The molecule has 6 heteroatoms. The minimum absolute atomic E-state index is 1.33. The van der Waals surface area contributed by atoms with Crippen molar-refractivity contribution in [2.45, 2.75) is 0 Å². The molecule has 2 rings (SSSR count). The summed E-state index contributed by atoms with van der Waals surface area (Å²) in [5, 5.41) is 12.2. The van der Waals surface area contributed by atoms with Crippen molar-refractivity contribution in [3.05, 3.63) is 31.1 Å². The van der Waals surface area contributed by atoms with E-state index in [0.29, 0.717) is 0 Å². The molecule has 0 aromatic carbocycles. The Kier molecular flexibility index (Phi) is 3.28. The molecule has 0 saturated heterocycles. The van der Waals surface area contributed by atoms with Crippen LogP contribution in [0.2, 0.25) is 0 Å². The van der Waals surface area contributed by atoms with Crippen LogP contribution in [0.15, 0.2) is 31.1 Å². The Hall–Kier alpha value is -1.85. The second-order valence-corrected chi connectivity index (χ2v) is 1.45. The molecule has 2 aromatic rings. The Balaban J connectivity index is 0.000000112.